The molecule has 0 saturated heterocycles. The molecule has 0 aromatic carbocycles. The molecule has 0 spiro atoms. The lowest BCUT2D eigenvalue weighted by Gasteiger charge is -2.03. The summed E-state index contributed by atoms with van der Waals surface area (Å²) in [5.41, 5.74) is 5.10. The van der Waals surface area contributed by atoms with Gasteiger partial charge in [-0.05, 0) is 47.7 Å². The van der Waals surface area contributed by atoms with Gasteiger partial charge in [0.15, 0.2) is 0 Å². The number of fused-ring (bicyclic) bond motifs is 1. The molecule has 1 N–H and O–H groups in total. The fraction of sp³-hybridized carbons (Fsp3) is 0.200. The summed E-state index contributed by atoms with van der Waals surface area (Å²) in [5.74, 6) is 0.427. The van der Waals surface area contributed by atoms with Crippen LogP contribution in [0, 0.1) is 12.7 Å². The topological polar surface area (TPSA) is 67.3 Å². The van der Waals surface area contributed by atoms with E-state index in [0.717, 1.165) is 40.0 Å². The van der Waals surface area contributed by atoms with Crippen molar-refractivity contribution in [3.63, 3.8) is 0 Å². The summed E-state index contributed by atoms with van der Waals surface area (Å²) < 4.78 is 13.2. The largest absolute Gasteiger partial charge is 0.346 e. The minimum absolute atomic E-state index is 0.317. The van der Waals surface area contributed by atoms with Crippen molar-refractivity contribution in [1.82, 2.24) is 24.9 Å². The average Bonchev–Trinajstić information content (AvgIpc) is 3.03. The fourth-order valence-electron chi connectivity index (χ4n) is 2.98. The van der Waals surface area contributed by atoms with Crippen molar-refractivity contribution in [2.75, 3.05) is 0 Å². The molecule has 6 heteroatoms. The van der Waals surface area contributed by atoms with Gasteiger partial charge in [0.2, 0.25) is 0 Å². The molecule has 0 atom stereocenters. The van der Waals surface area contributed by atoms with E-state index in [1.807, 2.05) is 31.7 Å². The smallest absolute Gasteiger partial charge is 0.141 e. The van der Waals surface area contributed by atoms with Crippen LogP contribution in [-0.2, 0) is 19.3 Å². The van der Waals surface area contributed by atoms with Crippen molar-refractivity contribution in [3.8, 4) is 0 Å². The summed E-state index contributed by atoms with van der Waals surface area (Å²) in [4.78, 5) is 20.3. The quantitative estimate of drug-likeness (QED) is 0.599. The van der Waals surface area contributed by atoms with Crippen molar-refractivity contribution < 1.29 is 4.39 Å². The molecule has 4 aromatic heterocycles. The van der Waals surface area contributed by atoms with Gasteiger partial charge >= 0.3 is 0 Å². The van der Waals surface area contributed by atoms with Gasteiger partial charge in [-0.25, -0.2) is 19.3 Å². The number of nitrogens with zero attached hydrogens (tertiary/aromatic N) is 4. The molecule has 26 heavy (non-hydrogen) atoms. The average molecular weight is 347 g/mol. The molecule has 0 fully saturated rings. The van der Waals surface area contributed by atoms with Crippen LogP contribution in [0.4, 0.5) is 4.39 Å². The number of rotatable bonds is 5. The Hall–Kier alpha value is -3.15. The van der Waals surface area contributed by atoms with Crippen LogP contribution in [-0.4, -0.2) is 24.9 Å². The van der Waals surface area contributed by atoms with Crippen molar-refractivity contribution in [3.05, 3.63) is 83.2 Å². The molecular formula is C20H18FN5. The Morgan fingerprint density at radius 1 is 0.923 bits per heavy atom. The summed E-state index contributed by atoms with van der Waals surface area (Å²) in [7, 11) is 0. The predicted molar refractivity (Wildman–Crippen MR) is 97.3 cm³/mol. The van der Waals surface area contributed by atoms with E-state index < -0.39 is 0 Å². The van der Waals surface area contributed by atoms with Crippen LogP contribution in [0.1, 0.15) is 28.1 Å². The Balaban J connectivity index is 1.44. The number of pyridine rings is 2. The summed E-state index contributed by atoms with van der Waals surface area (Å²) >= 11 is 0. The van der Waals surface area contributed by atoms with Gasteiger partial charge < -0.3 is 4.98 Å². The fourth-order valence-corrected chi connectivity index (χ4v) is 2.98. The summed E-state index contributed by atoms with van der Waals surface area (Å²) in [6, 6.07) is 3.63. The lowest BCUT2D eigenvalue weighted by Crippen LogP contribution is -2.00. The van der Waals surface area contributed by atoms with E-state index in [4.69, 9.17) is 0 Å². The Morgan fingerprint density at radius 2 is 1.77 bits per heavy atom. The maximum Gasteiger partial charge on any atom is 0.141 e. The second-order valence-electron chi connectivity index (χ2n) is 6.42. The van der Waals surface area contributed by atoms with E-state index in [1.54, 1.807) is 6.20 Å². The highest BCUT2D eigenvalue weighted by atomic mass is 19.1. The monoisotopic (exact) mass is 347 g/mol. The van der Waals surface area contributed by atoms with Crippen molar-refractivity contribution in [1.29, 1.82) is 0 Å². The maximum atomic E-state index is 13.2. The number of aromatic amines is 1. The minimum Gasteiger partial charge on any atom is -0.346 e. The molecule has 0 aliphatic carbocycles. The predicted octanol–water partition coefficient (Wildman–Crippen LogP) is 3.57. The van der Waals surface area contributed by atoms with E-state index in [-0.39, 0.29) is 5.82 Å². The van der Waals surface area contributed by atoms with Crippen molar-refractivity contribution in [2.45, 2.75) is 26.2 Å². The molecule has 4 rings (SSSR count). The van der Waals surface area contributed by atoms with Crippen LogP contribution in [0.5, 0.6) is 0 Å². The van der Waals surface area contributed by atoms with Crippen LogP contribution in [0.3, 0.4) is 0 Å². The van der Waals surface area contributed by atoms with E-state index in [2.05, 4.69) is 31.0 Å². The van der Waals surface area contributed by atoms with Gasteiger partial charge in [0.1, 0.15) is 17.3 Å². The molecule has 0 aliphatic heterocycles. The molecule has 130 valence electrons. The summed E-state index contributed by atoms with van der Waals surface area (Å²) in [5, 5.41) is 1.13. The molecule has 0 unspecified atom stereocenters. The third-order valence-electron chi connectivity index (χ3n) is 4.31. The SMILES string of the molecule is Cc1cnc2[nH]cc(Cc3cnc(CCc4cncc(F)c4)nc3)c2c1. The van der Waals surface area contributed by atoms with E-state index in [0.29, 0.717) is 12.8 Å². The van der Waals surface area contributed by atoms with Gasteiger partial charge in [-0.1, -0.05) is 0 Å². The molecule has 5 nitrogen and oxygen atoms in total. The second kappa shape index (κ2) is 7.00. The number of nitrogens with one attached hydrogen (secondary N) is 1. The molecule has 0 amide bonds. The Morgan fingerprint density at radius 3 is 2.58 bits per heavy atom. The third-order valence-corrected chi connectivity index (χ3v) is 4.31. The highest BCUT2D eigenvalue weighted by Crippen LogP contribution is 2.20. The highest BCUT2D eigenvalue weighted by Gasteiger charge is 2.07. The zero-order chi connectivity index (χ0) is 17.9. The number of H-pyrrole nitrogens is 1. The Kier molecular flexibility index (Phi) is 4.39. The van der Waals surface area contributed by atoms with Gasteiger partial charge in [0.25, 0.3) is 0 Å². The van der Waals surface area contributed by atoms with Gasteiger partial charge in [-0.15, -0.1) is 0 Å². The van der Waals surface area contributed by atoms with Gasteiger partial charge in [-0.2, -0.15) is 0 Å². The van der Waals surface area contributed by atoms with Gasteiger partial charge in [0.05, 0.1) is 6.20 Å². The van der Waals surface area contributed by atoms with Gasteiger partial charge in [-0.3, -0.25) is 4.98 Å². The number of hydrogen-bond donors (Lipinski definition) is 1. The summed E-state index contributed by atoms with van der Waals surface area (Å²) in [6.45, 7) is 2.04. The Labute approximate surface area is 150 Å². The van der Waals surface area contributed by atoms with Crippen LogP contribution < -0.4 is 0 Å². The maximum absolute atomic E-state index is 13.2. The Bertz CT molecular complexity index is 1040. The summed E-state index contributed by atoms with van der Waals surface area (Å²) in [6.07, 6.45) is 12.5. The lowest BCUT2D eigenvalue weighted by molar-refractivity contribution is 0.618. The first kappa shape index (κ1) is 16.3. The first-order chi connectivity index (χ1) is 12.7. The number of hydrogen-bond acceptors (Lipinski definition) is 4. The number of aromatic nitrogens is 5. The van der Waals surface area contributed by atoms with Crippen LogP contribution in [0.2, 0.25) is 0 Å². The van der Waals surface area contributed by atoms with Crippen molar-refractivity contribution in [2.24, 2.45) is 0 Å². The molecule has 4 aromatic rings. The van der Waals surface area contributed by atoms with E-state index in [9.17, 15) is 4.39 Å². The zero-order valence-electron chi connectivity index (χ0n) is 14.4. The van der Waals surface area contributed by atoms with E-state index in [1.165, 1.54) is 17.8 Å². The van der Waals surface area contributed by atoms with Gasteiger partial charge in [0, 0.05) is 49.2 Å². The zero-order valence-corrected chi connectivity index (χ0v) is 14.4. The van der Waals surface area contributed by atoms with Crippen LogP contribution in [0.25, 0.3) is 11.0 Å². The van der Waals surface area contributed by atoms with E-state index >= 15 is 0 Å². The normalized spacial score (nSPS) is 11.2. The van der Waals surface area contributed by atoms with Crippen LogP contribution in [0.15, 0.2) is 49.3 Å². The number of aryl methyl sites for hydroxylation is 3. The molecular weight excluding hydrogens is 329 g/mol. The lowest BCUT2D eigenvalue weighted by atomic mass is 10.1. The molecule has 0 bridgehead atoms. The number of halogens is 1. The third kappa shape index (κ3) is 3.59. The van der Waals surface area contributed by atoms with Crippen LogP contribution >= 0.6 is 0 Å². The first-order valence-electron chi connectivity index (χ1n) is 8.49. The molecule has 0 radical (unpaired) electrons. The second-order valence-corrected chi connectivity index (χ2v) is 6.42. The molecule has 0 aliphatic rings. The molecule has 0 saturated carbocycles. The highest BCUT2D eigenvalue weighted by molar-refractivity contribution is 5.80. The standard InChI is InChI=1S/C20H18FN5/c1-13-4-18-16(11-26-20(18)25-7-13)5-15-9-23-19(24-10-15)3-2-14-6-17(21)12-22-8-14/h4,6-12H,2-3,5H2,1H3,(H,25,26). The molecule has 4 heterocycles. The first-order valence-corrected chi connectivity index (χ1v) is 8.49. The van der Waals surface area contributed by atoms with Crippen molar-refractivity contribution >= 4 is 11.0 Å². The minimum atomic E-state index is -0.317.